The van der Waals surface area contributed by atoms with Crippen molar-refractivity contribution < 1.29 is 0 Å². The zero-order chi connectivity index (χ0) is 11.9. The Hall–Kier alpha value is -0.800. The van der Waals surface area contributed by atoms with Crippen molar-refractivity contribution in [3.8, 4) is 0 Å². The van der Waals surface area contributed by atoms with Crippen LogP contribution in [0.3, 0.4) is 0 Å². The third-order valence-corrected chi connectivity index (χ3v) is 3.84. The molecule has 1 unspecified atom stereocenters. The summed E-state index contributed by atoms with van der Waals surface area (Å²) in [5.41, 5.74) is 9.75. The van der Waals surface area contributed by atoms with Crippen LogP contribution in [0.1, 0.15) is 24.1 Å². The average Bonchev–Trinajstić information content (AvgIpc) is 2.51. The first-order valence-electron chi connectivity index (χ1n) is 5.50. The van der Waals surface area contributed by atoms with Crippen molar-refractivity contribution in [2.75, 3.05) is 6.54 Å². The number of hydrogen-bond donors (Lipinski definition) is 1. The maximum absolute atomic E-state index is 5.79. The molecule has 0 saturated heterocycles. The van der Waals surface area contributed by atoms with Gasteiger partial charge in [-0.3, -0.25) is 0 Å². The summed E-state index contributed by atoms with van der Waals surface area (Å²) in [4.78, 5) is 0. The van der Waals surface area contributed by atoms with Crippen molar-refractivity contribution in [1.82, 2.24) is 4.57 Å². The van der Waals surface area contributed by atoms with Gasteiger partial charge >= 0.3 is 0 Å². The first-order chi connectivity index (χ1) is 7.56. The summed E-state index contributed by atoms with van der Waals surface area (Å²) in [5, 5.41) is 1.31. The normalized spacial score (nSPS) is 13.3. The van der Waals surface area contributed by atoms with Crippen LogP contribution in [0.25, 0.3) is 10.9 Å². The van der Waals surface area contributed by atoms with Gasteiger partial charge in [-0.25, -0.2) is 0 Å². The van der Waals surface area contributed by atoms with Gasteiger partial charge in [-0.05, 0) is 43.1 Å². The van der Waals surface area contributed by atoms with Crippen LogP contribution in [-0.2, 0) is 7.05 Å². The van der Waals surface area contributed by atoms with Crippen LogP contribution in [0.15, 0.2) is 22.7 Å². The molecule has 2 nitrogen and oxygen atoms in total. The van der Waals surface area contributed by atoms with Crippen molar-refractivity contribution in [3.63, 3.8) is 0 Å². The molecule has 86 valence electrons. The van der Waals surface area contributed by atoms with Crippen molar-refractivity contribution in [1.29, 1.82) is 0 Å². The molecule has 0 aliphatic carbocycles. The minimum atomic E-state index is 0.401. The number of nitrogens with zero attached hydrogens (tertiary/aromatic N) is 1. The van der Waals surface area contributed by atoms with E-state index in [1.165, 1.54) is 22.2 Å². The topological polar surface area (TPSA) is 30.9 Å². The Labute approximate surface area is 105 Å². The number of benzene rings is 1. The van der Waals surface area contributed by atoms with Crippen LogP contribution in [-0.4, -0.2) is 11.1 Å². The van der Waals surface area contributed by atoms with E-state index in [1.54, 1.807) is 0 Å². The van der Waals surface area contributed by atoms with Gasteiger partial charge < -0.3 is 10.3 Å². The lowest BCUT2D eigenvalue weighted by atomic mass is 9.98. The SMILES string of the molecule is Cc1c(C(C)CN)c2cc(Br)ccc2n1C. The van der Waals surface area contributed by atoms with Crippen LogP contribution >= 0.6 is 15.9 Å². The molecule has 3 heteroatoms. The second-order valence-corrected chi connectivity index (χ2v) is 5.27. The molecule has 0 fully saturated rings. The minimum absolute atomic E-state index is 0.401. The van der Waals surface area contributed by atoms with E-state index in [-0.39, 0.29) is 0 Å². The summed E-state index contributed by atoms with van der Waals surface area (Å²) < 4.78 is 3.36. The summed E-state index contributed by atoms with van der Waals surface area (Å²) in [5.74, 6) is 0.401. The summed E-state index contributed by atoms with van der Waals surface area (Å²) in [7, 11) is 2.11. The van der Waals surface area contributed by atoms with Gasteiger partial charge in [0.25, 0.3) is 0 Å². The number of rotatable bonds is 2. The van der Waals surface area contributed by atoms with E-state index in [4.69, 9.17) is 5.73 Å². The number of aryl methyl sites for hydroxylation is 1. The van der Waals surface area contributed by atoms with E-state index in [1.807, 2.05) is 0 Å². The van der Waals surface area contributed by atoms with Gasteiger partial charge in [0.1, 0.15) is 0 Å². The van der Waals surface area contributed by atoms with Crippen LogP contribution in [0.2, 0.25) is 0 Å². The fourth-order valence-electron chi connectivity index (χ4n) is 2.31. The third-order valence-electron chi connectivity index (χ3n) is 3.35. The predicted molar refractivity (Wildman–Crippen MR) is 72.8 cm³/mol. The highest BCUT2D eigenvalue weighted by atomic mass is 79.9. The zero-order valence-electron chi connectivity index (χ0n) is 9.92. The number of hydrogen-bond acceptors (Lipinski definition) is 1. The van der Waals surface area contributed by atoms with Crippen LogP contribution in [0.5, 0.6) is 0 Å². The molecule has 2 rings (SSSR count). The Morgan fingerprint density at radius 1 is 1.44 bits per heavy atom. The Morgan fingerprint density at radius 2 is 2.12 bits per heavy atom. The summed E-state index contributed by atoms with van der Waals surface area (Å²) in [6.07, 6.45) is 0. The van der Waals surface area contributed by atoms with Gasteiger partial charge in [-0.1, -0.05) is 22.9 Å². The van der Waals surface area contributed by atoms with Gasteiger partial charge in [-0.15, -0.1) is 0 Å². The lowest BCUT2D eigenvalue weighted by Crippen LogP contribution is -2.09. The Morgan fingerprint density at radius 3 is 2.75 bits per heavy atom. The molecule has 1 atom stereocenters. The molecular formula is C13H17BrN2. The maximum Gasteiger partial charge on any atom is 0.0483 e. The zero-order valence-corrected chi connectivity index (χ0v) is 11.5. The quantitative estimate of drug-likeness (QED) is 0.899. The monoisotopic (exact) mass is 280 g/mol. The summed E-state index contributed by atoms with van der Waals surface area (Å²) >= 11 is 3.53. The standard InChI is InChI=1S/C13H17BrN2/c1-8(7-15)13-9(2)16(3)12-5-4-10(14)6-11(12)13/h4-6,8H,7,15H2,1-3H3. The van der Waals surface area contributed by atoms with Gasteiger partial charge in [0.15, 0.2) is 0 Å². The average molecular weight is 281 g/mol. The van der Waals surface area contributed by atoms with E-state index >= 15 is 0 Å². The van der Waals surface area contributed by atoms with Crippen molar-refractivity contribution in [2.24, 2.45) is 12.8 Å². The third kappa shape index (κ3) is 1.68. The largest absolute Gasteiger partial charge is 0.348 e. The van der Waals surface area contributed by atoms with Gasteiger partial charge in [0, 0.05) is 28.1 Å². The van der Waals surface area contributed by atoms with Crippen LogP contribution in [0.4, 0.5) is 0 Å². The molecule has 0 aliphatic rings. The fourth-order valence-corrected chi connectivity index (χ4v) is 2.67. The molecule has 16 heavy (non-hydrogen) atoms. The minimum Gasteiger partial charge on any atom is -0.348 e. The molecule has 0 radical (unpaired) electrons. The van der Waals surface area contributed by atoms with Crippen molar-refractivity contribution >= 4 is 26.8 Å². The smallest absolute Gasteiger partial charge is 0.0483 e. The number of halogens is 1. The first-order valence-corrected chi connectivity index (χ1v) is 6.30. The molecule has 2 N–H and O–H groups in total. The molecule has 0 spiro atoms. The first kappa shape index (κ1) is 11.7. The highest BCUT2D eigenvalue weighted by molar-refractivity contribution is 9.10. The van der Waals surface area contributed by atoms with E-state index in [2.05, 4.69) is 59.6 Å². The second kappa shape index (κ2) is 4.22. The molecule has 0 bridgehead atoms. The highest BCUT2D eigenvalue weighted by Crippen LogP contribution is 2.32. The Balaban J connectivity index is 2.80. The molecule has 1 aromatic carbocycles. The summed E-state index contributed by atoms with van der Waals surface area (Å²) in [6, 6.07) is 6.42. The highest BCUT2D eigenvalue weighted by Gasteiger charge is 2.16. The van der Waals surface area contributed by atoms with E-state index in [0.717, 1.165) is 4.47 Å². The van der Waals surface area contributed by atoms with Crippen LogP contribution in [0, 0.1) is 6.92 Å². The molecule has 1 heterocycles. The Kier molecular flexibility index (Phi) is 3.08. The lowest BCUT2D eigenvalue weighted by molar-refractivity contribution is 0.761. The van der Waals surface area contributed by atoms with Gasteiger partial charge in [0.05, 0.1) is 0 Å². The van der Waals surface area contributed by atoms with E-state index in [9.17, 15) is 0 Å². The van der Waals surface area contributed by atoms with Gasteiger partial charge in [0.2, 0.25) is 0 Å². The molecule has 2 aromatic rings. The van der Waals surface area contributed by atoms with E-state index < -0.39 is 0 Å². The lowest BCUT2D eigenvalue weighted by Gasteiger charge is -2.09. The molecule has 0 saturated carbocycles. The molecule has 0 aliphatic heterocycles. The maximum atomic E-state index is 5.79. The predicted octanol–water partition coefficient (Wildman–Crippen LogP) is 3.31. The number of nitrogens with two attached hydrogens (primary N) is 1. The molecule has 1 aromatic heterocycles. The van der Waals surface area contributed by atoms with Crippen molar-refractivity contribution in [3.05, 3.63) is 33.9 Å². The number of aromatic nitrogens is 1. The number of fused-ring (bicyclic) bond motifs is 1. The fraction of sp³-hybridized carbons (Fsp3) is 0.385. The Bertz CT molecular complexity index is 528. The molecular weight excluding hydrogens is 264 g/mol. The van der Waals surface area contributed by atoms with Crippen LogP contribution < -0.4 is 5.73 Å². The van der Waals surface area contributed by atoms with E-state index in [0.29, 0.717) is 12.5 Å². The van der Waals surface area contributed by atoms with Gasteiger partial charge in [-0.2, -0.15) is 0 Å². The summed E-state index contributed by atoms with van der Waals surface area (Å²) in [6.45, 7) is 5.03. The molecule has 0 amide bonds. The van der Waals surface area contributed by atoms with Crippen molar-refractivity contribution in [2.45, 2.75) is 19.8 Å². The second-order valence-electron chi connectivity index (χ2n) is 4.36.